The molecule has 0 radical (unpaired) electrons. The van der Waals surface area contributed by atoms with Crippen LogP contribution in [0, 0.1) is 0 Å². The van der Waals surface area contributed by atoms with E-state index in [1.165, 1.54) is 50.8 Å². The molecular formula is C13H23NS. The highest BCUT2D eigenvalue weighted by Gasteiger charge is 2.20. The minimum Gasteiger partial charge on any atom is -0.313 e. The molecule has 0 bridgehead atoms. The van der Waals surface area contributed by atoms with Crippen LogP contribution < -0.4 is 5.32 Å². The molecule has 0 aromatic carbocycles. The van der Waals surface area contributed by atoms with Gasteiger partial charge in [0, 0.05) is 11.3 Å². The maximum absolute atomic E-state index is 3.74. The Balaban J connectivity index is 1.63. The third-order valence-electron chi connectivity index (χ3n) is 3.59. The van der Waals surface area contributed by atoms with Crippen molar-refractivity contribution >= 4 is 11.8 Å². The van der Waals surface area contributed by atoms with Crippen molar-refractivity contribution in [2.75, 3.05) is 12.3 Å². The zero-order valence-electron chi connectivity index (χ0n) is 9.80. The zero-order valence-corrected chi connectivity index (χ0v) is 10.6. The van der Waals surface area contributed by atoms with Crippen molar-refractivity contribution in [3.05, 3.63) is 11.6 Å². The van der Waals surface area contributed by atoms with Gasteiger partial charge in [0.15, 0.2) is 0 Å². The Hall–Kier alpha value is 0.0500. The van der Waals surface area contributed by atoms with Crippen molar-refractivity contribution in [3.63, 3.8) is 0 Å². The van der Waals surface area contributed by atoms with Gasteiger partial charge in [-0.05, 0) is 50.8 Å². The minimum absolute atomic E-state index is 0.769. The van der Waals surface area contributed by atoms with Crippen molar-refractivity contribution in [2.24, 2.45) is 0 Å². The van der Waals surface area contributed by atoms with Crippen molar-refractivity contribution in [2.45, 2.75) is 56.7 Å². The first-order valence-electron chi connectivity index (χ1n) is 6.39. The molecule has 1 fully saturated rings. The highest BCUT2D eigenvalue weighted by Crippen LogP contribution is 2.25. The van der Waals surface area contributed by atoms with Gasteiger partial charge in [-0.15, -0.1) is 0 Å². The number of nitrogens with one attached hydrogen (secondary N) is 1. The van der Waals surface area contributed by atoms with Crippen LogP contribution >= 0.6 is 11.8 Å². The van der Waals surface area contributed by atoms with E-state index in [2.05, 4.69) is 30.1 Å². The van der Waals surface area contributed by atoms with Crippen LogP contribution in [0.25, 0.3) is 0 Å². The van der Waals surface area contributed by atoms with Crippen LogP contribution in [0.3, 0.4) is 0 Å². The fourth-order valence-corrected chi connectivity index (χ4v) is 3.74. The number of rotatable bonds is 4. The highest BCUT2D eigenvalue weighted by atomic mass is 32.2. The van der Waals surface area contributed by atoms with Crippen LogP contribution in [0.5, 0.6) is 0 Å². The minimum atomic E-state index is 0.769. The van der Waals surface area contributed by atoms with Gasteiger partial charge in [-0.3, -0.25) is 0 Å². The molecule has 2 aliphatic rings. The average Bonchev–Trinajstić information content (AvgIpc) is 2.74. The summed E-state index contributed by atoms with van der Waals surface area (Å²) in [7, 11) is 0. The number of hydrogen-bond donors (Lipinski definition) is 1. The topological polar surface area (TPSA) is 12.0 Å². The van der Waals surface area contributed by atoms with Crippen LogP contribution in [0.2, 0.25) is 0 Å². The second kappa shape index (κ2) is 5.95. The van der Waals surface area contributed by atoms with Crippen LogP contribution in [-0.2, 0) is 0 Å². The second-order valence-electron chi connectivity index (χ2n) is 4.78. The number of thioether (sulfide) groups is 1. The van der Waals surface area contributed by atoms with Crippen LogP contribution in [-0.4, -0.2) is 23.6 Å². The smallest absolute Gasteiger partial charge is 0.0184 e. The summed E-state index contributed by atoms with van der Waals surface area (Å²) in [5, 5.41) is 4.55. The lowest BCUT2D eigenvalue weighted by molar-refractivity contribution is 0.465. The summed E-state index contributed by atoms with van der Waals surface area (Å²) in [4.78, 5) is 0. The molecule has 2 atom stereocenters. The average molecular weight is 225 g/mol. The van der Waals surface area contributed by atoms with E-state index in [1.807, 2.05) is 0 Å². The van der Waals surface area contributed by atoms with Gasteiger partial charge in [-0.25, -0.2) is 0 Å². The second-order valence-corrected chi connectivity index (χ2v) is 6.27. The molecule has 1 aliphatic heterocycles. The third kappa shape index (κ3) is 3.53. The Morgan fingerprint density at radius 1 is 1.47 bits per heavy atom. The largest absolute Gasteiger partial charge is 0.313 e. The molecule has 2 unspecified atom stereocenters. The molecule has 0 aromatic heterocycles. The van der Waals surface area contributed by atoms with Gasteiger partial charge in [0.1, 0.15) is 0 Å². The molecule has 15 heavy (non-hydrogen) atoms. The van der Waals surface area contributed by atoms with Gasteiger partial charge in [-0.2, -0.15) is 11.8 Å². The van der Waals surface area contributed by atoms with E-state index in [0.717, 1.165) is 11.3 Å². The maximum atomic E-state index is 3.74. The molecule has 1 heterocycles. The SMILES string of the molecule is CC1SCCCC1NCCC1=CCCC1. The molecule has 2 rings (SSSR count). The van der Waals surface area contributed by atoms with Crippen molar-refractivity contribution in [1.29, 1.82) is 0 Å². The Kier molecular flexibility index (Phi) is 4.58. The molecule has 86 valence electrons. The maximum Gasteiger partial charge on any atom is 0.0184 e. The van der Waals surface area contributed by atoms with E-state index < -0.39 is 0 Å². The Morgan fingerprint density at radius 3 is 3.13 bits per heavy atom. The van der Waals surface area contributed by atoms with Gasteiger partial charge < -0.3 is 5.32 Å². The quantitative estimate of drug-likeness (QED) is 0.736. The van der Waals surface area contributed by atoms with Crippen molar-refractivity contribution < 1.29 is 0 Å². The zero-order chi connectivity index (χ0) is 10.5. The van der Waals surface area contributed by atoms with E-state index >= 15 is 0 Å². The van der Waals surface area contributed by atoms with Crippen LogP contribution in [0.4, 0.5) is 0 Å². The fraction of sp³-hybridized carbons (Fsp3) is 0.846. The lowest BCUT2D eigenvalue weighted by Crippen LogP contribution is -2.39. The molecule has 1 N–H and O–H groups in total. The molecule has 0 amide bonds. The first-order valence-corrected chi connectivity index (χ1v) is 7.44. The molecule has 1 nitrogen and oxygen atoms in total. The van der Waals surface area contributed by atoms with Gasteiger partial charge in [-0.1, -0.05) is 18.6 Å². The normalized spacial score (nSPS) is 31.7. The van der Waals surface area contributed by atoms with Crippen LogP contribution in [0.15, 0.2) is 11.6 Å². The van der Waals surface area contributed by atoms with E-state index in [-0.39, 0.29) is 0 Å². The third-order valence-corrected chi connectivity index (χ3v) is 4.97. The van der Waals surface area contributed by atoms with Gasteiger partial charge in [0.2, 0.25) is 0 Å². The Morgan fingerprint density at radius 2 is 2.40 bits per heavy atom. The first-order chi connectivity index (χ1) is 7.36. The predicted molar refractivity (Wildman–Crippen MR) is 69.5 cm³/mol. The fourth-order valence-electron chi connectivity index (χ4n) is 2.57. The molecule has 2 heteroatoms. The lowest BCUT2D eigenvalue weighted by Gasteiger charge is -2.29. The molecule has 0 aromatic rings. The summed E-state index contributed by atoms with van der Waals surface area (Å²) in [5.41, 5.74) is 1.69. The van der Waals surface area contributed by atoms with Gasteiger partial charge >= 0.3 is 0 Å². The van der Waals surface area contributed by atoms with Crippen LogP contribution in [0.1, 0.15) is 45.4 Å². The summed E-state index contributed by atoms with van der Waals surface area (Å²) in [6.45, 7) is 3.57. The standard InChI is InChI=1S/C13H23NS/c1-11-13(7-4-10-15-11)14-9-8-12-5-2-3-6-12/h5,11,13-14H,2-4,6-10H2,1H3. The molecule has 1 aliphatic carbocycles. The molecule has 1 saturated heterocycles. The van der Waals surface area contributed by atoms with E-state index in [1.54, 1.807) is 5.57 Å². The lowest BCUT2D eigenvalue weighted by atomic mass is 10.1. The van der Waals surface area contributed by atoms with Gasteiger partial charge in [0.05, 0.1) is 0 Å². The summed E-state index contributed by atoms with van der Waals surface area (Å²) in [6.07, 6.45) is 10.6. The Bertz CT molecular complexity index is 225. The monoisotopic (exact) mass is 225 g/mol. The van der Waals surface area contributed by atoms with Crippen molar-refractivity contribution in [3.8, 4) is 0 Å². The number of allylic oxidation sites excluding steroid dienone is 1. The summed E-state index contributed by atoms with van der Waals surface area (Å²) >= 11 is 2.13. The van der Waals surface area contributed by atoms with Crippen molar-refractivity contribution in [1.82, 2.24) is 5.32 Å². The summed E-state index contributed by atoms with van der Waals surface area (Å²) in [5.74, 6) is 1.37. The first kappa shape index (κ1) is 11.5. The van der Waals surface area contributed by atoms with E-state index in [4.69, 9.17) is 0 Å². The molecule has 0 saturated carbocycles. The van der Waals surface area contributed by atoms with Gasteiger partial charge in [0.25, 0.3) is 0 Å². The predicted octanol–water partition coefficient (Wildman–Crippen LogP) is 3.36. The number of hydrogen-bond acceptors (Lipinski definition) is 2. The highest BCUT2D eigenvalue weighted by molar-refractivity contribution is 7.99. The molecule has 0 spiro atoms. The molecular weight excluding hydrogens is 202 g/mol. The summed E-state index contributed by atoms with van der Waals surface area (Å²) in [6, 6.07) is 0.769. The van der Waals surface area contributed by atoms with E-state index in [0.29, 0.717) is 0 Å². The summed E-state index contributed by atoms with van der Waals surface area (Å²) < 4.78 is 0. The van der Waals surface area contributed by atoms with E-state index in [9.17, 15) is 0 Å². The Labute approximate surface area is 98.1 Å².